The SMILES string of the molecule is CC1(C)Cc2cc(CNCCC3=CCCC3)ccc2O1. The fourth-order valence-electron chi connectivity index (χ4n) is 3.22. The molecule has 1 aliphatic carbocycles. The van der Waals surface area contributed by atoms with Gasteiger partial charge in [0.05, 0.1) is 0 Å². The van der Waals surface area contributed by atoms with E-state index in [1.807, 2.05) is 0 Å². The Morgan fingerprint density at radius 3 is 3.00 bits per heavy atom. The molecule has 0 saturated carbocycles. The van der Waals surface area contributed by atoms with E-state index in [0.717, 1.165) is 25.3 Å². The predicted molar refractivity (Wildman–Crippen MR) is 83.1 cm³/mol. The van der Waals surface area contributed by atoms with Gasteiger partial charge in [-0.15, -0.1) is 0 Å². The molecule has 0 spiro atoms. The van der Waals surface area contributed by atoms with E-state index in [9.17, 15) is 0 Å². The minimum Gasteiger partial charge on any atom is -0.487 e. The van der Waals surface area contributed by atoms with Crippen LogP contribution in [0.5, 0.6) is 5.75 Å². The molecule has 0 atom stereocenters. The maximum Gasteiger partial charge on any atom is 0.123 e. The molecule has 1 heterocycles. The number of benzene rings is 1. The summed E-state index contributed by atoms with van der Waals surface area (Å²) in [5, 5.41) is 3.56. The monoisotopic (exact) mass is 271 g/mol. The van der Waals surface area contributed by atoms with E-state index < -0.39 is 0 Å². The van der Waals surface area contributed by atoms with Crippen LogP contribution in [0.3, 0.4) is 0 Å². The van der Waals surface area contributed by atoms with Gasteiger partial charge < -0.3 is 10.1 Å². The van der Waals surface area contributed by atoms with Crippen molar-refractivity contribution in [1.82, 2.24) is 5.32 Å². The summed E-state index contributed by atoms with van der Waals surface area (Å²) >= 11 is 0. The van der Waals surface area contributed by atoms with E-state index in [1.165, 1.54) is 36.8 Å². The molecule has 3 rings (SSSR count). The highest BCUT2D eigenvalue weighted by atomic mass is 16.5. The number of hydrogen-bond acceptors (Lipinski definition) is 2. The van der Waals surface area contributed by atoms with Gasteiger partial charge in [-0.05, 0) is 63.3 Å². The third-order valence-electron chi connectivity index (χ3n) is 4.21. The molecule has 0 unspecified atom stereocenters. The van der Waals surface area contributed by atoms with Gasteiger partial charge in [-0.3, -0.25) is 0 Å². The lowest BCUT2D eigenvalue weighted by atomic mass is 10.0. The highest BCUT2D eigenvalue weighted by Gasteiger charge is 2.29. The van der Waals surface area contributed by atoms with Crippen molar-refractivity contribution in [2.45, 2.75) is 58.1 Å². The number of nitrogens with one attached hydrogen (secondary N) is 1. The van der Waals surface area contributed by atoms with Crippen LogP contribution in [0, 0.1) is 0 Å². The van der Waals surface area contributed by atoms with Crippen molar-refractivity contribution in [2.75, 3.05) is 6.54 Å². The summed E-state index contributed by atoms with van der Waals surface area (Å²) < 4.78 is 5.91. The van der Waals surface area contributed by atoms with Gasteiger partial charge in [-0.1, -0.05) is 23.8 Å². The average molecular weight is 271 g/mol. The molecule has 2 nitrogen and oxygen atoms in total. The Morgan fingerprint density at radius 2 is 2.20 bits per heavy atom. The van der Waals surface area contributed by atoms with E-state index in [0.29, 0.717) is 0 Å². The van der Waals surface area contributed by atoms with Crippen molar-refractivity contribution in [3.05, 3.63) is 41.0 Å². The van der Waals surface area contributed by atoms with Crippen molar-refractivity contribution in [2.24, 2.45) is 0 Å². The first kappa shape index (κ1) is 13.7. The third kappa shape index (κ3) is 3.24. The van der Waals surface area contributed by atoms with Crippen LogP contribution in [0.15, 0.2) is 29.8 Å². The van der Waals surface area contributed by atoms with Gasteiger partial charge in [0.15, 0.2) is 0 Å². The second-order valence-electron chi connectivity index (χ2n) is 6.66. The van der Waals surface area contributed by atoms with E-state index in [2.05, 4.69) is 43.4 Å². The van der Waals surface area contributed by atoms with Crippen LogP contribution >= 0.6 is 0 Å². The van der Waals surface area contributed by atoms with E-state index in [-0.39, 0.29) is 5.60 Å². The van der Waals surface area contributed by atoms with Crippen LogP contribution < -0.4 is 10.1 Å². The highest BCUT2D eigenvalue weighted by Crippen LogP contribution is 2.35. The first-order valence-corrected chi connectivity index (χ1v) is 7.82. The zero-order chi connectivity index (χ0) is 14.0. The van der Waals surface area contributed by atoms with Crippen LogP contribution in [0.1, 0.15) is 50.7 Å². The van der Waals surface area contributed by atoms with Crippen molar-refractivity contribution < 1.29 is 4.74 Å². The zero-order valence-corrected chi connectivity index (χ0v) is 12.7. The van der Waals surface area contributed by atoms with Crippen molar-refractivity contribution in [3.8, 4) is 5.75 Å². The zero-order valence-electron chi connectivity index (χ0n) is 12.7. The summed E-state index contributed by atoms with van der Waals surface area (Å²) in [5.41, 5.74) is 4.32. The second-order valence-corrected chi connectivity index (χ2v) is 6.66. The average Bonchev–Trinajstić information content (AvgIpc) is 2.99. The van der Waals surface area contributed by atoms with E-state index in [4.69, 9.17) is 4.74 Å². The number of fused-ring (bicyclic) bond motifs is 1. The molecule has 0 fully saturated rings. The molecule has 0 amide bonds. The molecule has 20 heavy (non-hydrogen) atoms. The van der Waals surface area contributed by atoms with Crippen LogP contribution in [-0.2, 0) is 13.0 Å². The minimum absolute atomic E-state index is 0.0384. The van der Waals surface area contributed by atoms with Gasteiger partial charge in [0.2, 0.25) is 0 Å². The van der Waals surface area contributed by atoms with Crippen LogP contribution in [0.2, 0.25) is 0 Å². The van der Waals surface area contributed by atoms with Crippen LogP contribution in [0.4, 0.5) is 0 Å². The summed E-state index contributed by atoms with van der Waals surface area (Å²) in [7, 11) is 0. The van der Waals surface area contributed by atoms with Gasteiger partial charge in [0.25, 0.3) is 0 Å². The maximum absolute atomic E-state index is 5.91. The topological polar surface area (TPSA) is 21.3 Å². The van der Waals surface area contributed by atoms with Gasteiger partial charge in [0, 0.05) is 13.0 Å². The van der Waals surface area contributed by atoms with E-state index >= 15 is 0 Å². The molecule has 0 radical (unpaired) electrons. The summed E-state index contributed by atoms with van der Waals surface area (Å²) in [6.07, 6.45) is 8.60. The largest absolute Gasteiger partial charge is 0.487 e. The molecule has 108 valence electrons. The third-order valence-corrected chi connectivity index (χ3v) is 4.21. The van der Waals surface area contributed by atoms with Crippen molar-refractivity contribution in [3.63, 3.8) is 0 Å². The van der Waals surface area contributed by atoms with Crippen molar-refractivity contribution >= 4 is 0 Å². The fourth-order valence-corrected chi connectivity index (χ4v) is 3.22. The van der Waals surface area contributed by atoms with Crippen molar-refractivity contribution in [1.29, 1.82) is 0 Å². The highest BCUT2D eigenvalue weighted by molar-refractivity contribution is 5.41. The lowest BCUT2D eigenvalue weighted by molar-refractivity contribution is 0.138. The van der Waals surface area contributed by atoms with Gasteiger partial charge >= 0.3 is 0 Å². The Kier molecular flexibility index (Phi) is 3.84. The molecule has 1 aliphatic heterocycles. The maximum atomic E-state index is 5.91. The lowest BCUT2D eigenvalue weighted by Crippen LogP contribution is -2.24. The number of rotatable bonds is 5. The summed E-state index contributed by atoms with van der Waals surface area (Å²) in [6.45, 7) is 6.35. The molecule has 1 aromatic carbocycles. The molecule has 0 bridgehead atoms. The molecule has 2 heteroatoms. The Bertz CT molecular complexity index is 516. The number of allylic oxidation sites excluding steroid dienone is 1. The Hall–Kier alpha value is -1.28. The molecule has 1 aromatic rings. The number of hydrogen-bond donors (Lipinski definition) is 1. The minimum atomic E-state index is -0.0384. The number of ether oxygens (including phenoxy) is 1. The molecular weight excluding hydrogens is 246 g/mol. The van der Waals surface area contributed by atoms with Gasteiger partial charge in [-0.2, -0.15) is 0 Å². The van der Waals surface area contributed by atoms with Crippen LogP contribution in [-0.4, -0.2) is 12.1 Å². The van der Waals surface area contributed by atoms with Gasteiger partial charge in [0.1, 0.15) is 11.4 Å². The lowest BCUT2D eigenvalue weighted by Gasteiger charge is -2.16. The van der Waals surface area contributed by atoms with Gasteiger partial charge in [-0.25, -0.2) is 0 Å². The Balaban J connectivity index is 1.49. The van der Waals surface area contributed by atoms with Crippen LogP contribution in [0.25, 0.3) is 0 Å². The molecule has 0 saturated heterocycles. The smallest absolute Gasteiger partial charge is 0.123 e. The predicted octanol–water partition coefficient (Wildman–Crippen LogP) is 3.99. The molecular formula is C18H25NO. The normalized spacial score (nSPS) is 19.6. The Morgan fingerprint density at radius 1 is 1.30 bits per heavy atom. The first-order valence-electron chi connectivity index (χ1n) is 7.82. The second kappa shape index (κ2) is 5.61. The molecule has 0 aromatic heterocycles. The summed E-state index contributed by atoms with van der Waals surface area (Å²) in [6, 6.07) is 6.61. The molecule has 1 N–H and O–H groups in total. The summed E-state index contributed by atoms with van der Waals surface area (Å²) in [5.74, 6) is 1.06. The molecule has 2 aliphatic rings. The quantitative estimate of drug-likeness (QED) is 0.646. The van der Waals surface area contributed by atoms with E-state index in [1.54, 1.807) is 5.57 Å². The summed E-state index contributed by atoms with van der Waals surface area (Å²) in [4.78, 5) is 0. The fraction of sp³-hybridized carbons (Fsp3) is 0.556. The first-order chi connectivity index (χ1) is 9.62. The Labute approximate surface area is 122 Å². The standard InChI is InChI=1S/C18H25NO/c1-18(2)12-16-11-15(7-8-17(16)20-18)13-19-10-9-14-5-3-4-6-14/h5,7-8,11,19H,3-4,6,9-10,12-13H2,1-2H3.